The summed E-state index contributed by atoms with van der Waals surface area (Å²) in [7, 11) is 0. The van der Waals surface area contributed by atoms with Crippen LogP contribution in [0.4, 0.5) is 0 Å². The van der Waals surface area contributed by atoms with E-state index in [4.69, 9.17) is 4.74 Å². The molecule has 0 aromatic carbocycles. The lowest BCUT2D eigenvalue weighted by Gasteiger charge is -2.30. The molecule has 0 radical (unpaired) electrons. The van der Waals surface area contributed by atoms with Crippen LogP contribution in [0.3, 0.4) is 0 Å². The normalized spacial score (nSPS) is 16.9. The molecule has 2 heterocycles. The standard InChI is InChI=1S/C13H18N2O2/c1-11-4-8-15(9-5-11)13(16)10-17-12-2-6-14-7-3-12/h2-3,6-7,11H,4-5,8-10H2,1H3. The van der Waals surface area contributed by atoms with Crippen LogP contribution in [0, 0.1) is 5.92 Å². The molecular weight excluding hydrogens is 216 g/mol. The third-order valence-electron chi connectivity index (χ3n) is 3.15. The first-order chi connectivity index (χ1) is 8.25. The zero-order valence-corrected chi connectivity index (χ0v) is 10.1. The maximum Gasteiger partial charge on any atom is 0.260 e. The molecule has 1 aromatic rings. The van der Waals surface area contributed by atoms with E-state index in [1.165, 1.54) is 0 Å². The number of pyridine rings is 1. The van der Waals surface area contributed by atoms with E-state index in [2.05, 4.69) is 11.9 Å². The molecule has 1 aromatic heterocycles. The van der Waals surface area contributed by atoms with Gasteiger partial charge in [0.25, 0.3) is 5.91 Å². The van der Waals surface area contributed by atoms with Crippen molar-refractivity contribution in [2.45, 2.75) is 19.8 Å². The van der Waals surface area contributed by atoms with Gasteiger partial charge in [-0.25, -0.2) is 0 Å². The Hall–Kier alpha value is -1.58. The summed E-state index contributed by atoms with van der Waals surface area (Å²) in [5, 5.41) is 0. The van der Waals surface area contributed by atoms with E-state index in [1.54, 1.807) is 24.5 Å². The van der Waals surface area contributed by atoms with Crippen LogP contribution in [-0.2, 0) is 4.79 Å². The summed E-state index contributed by atoms with van der Waals surface area (Å²) in [4.78, 5) is 17.6. The van der Waals surface area contributed by atoms with Crippen LogP contribution >= 0.6 is 0 Å². The van der Waals surface area contributed by atoms with Crippen molar-refractivity contribution in [3.05, 3.63) is 24.5 Å². The Labute approximate surface area is 102 Å². The highest BCUT2D eigenvalue weighted by Gasteiger charge is 2.20. The van der Waals surface area contributed by atoms with Crippen LogP contribution in [0.15, 0.2) is 24.5 Å². The van der Waals surface area contributed by atoms with Gasteiger partial charge in [-0.05, 0) is 30.9 Å². The fraction of sp³-hybridized carbons (Fsp3) is 0.538. The molecular formula is C13H18N2O2. The number of rotatable bonds is 3. The molecule has 0 atom stereocenters. The van der Waals surface area contributed by atoms with Crippen LogP contribution in [0.1, 0.15) is 19.8 Å². The Balaban J connectivity index is 1.78. The summed E-state index contributed by atoms with van der Waals surface area (Å²) >= 11 is 0. The minimum absolute atomic E-state index is 0.0775. The lowest BCUT2D eigenvalue weighted by Crippen LogP contribution is -2.40. The minimum Gasteiger partial charge on any atom is -0.484 e. The average molecular weight is 234 g/mol. The van der Waals surface area contributed by atoms with Crippen LogP contribution < -0.4 is 4.74 Å². The summed E-state index contributed by atoms with van der Waals surface area (Å²) in [5.74, 6) is 1.51. The molecule has 1 saturated heterocycles. The molecule has 0 saturated carbocycles. The summed E-state index contributed by atoms with van der Waals surface area (Å²) in [6.07, 6.45) is 5.51. The fourth-order valence-electron chi connectivity index (χ4n) is 1.93. The van der Waals surface area contributed by atoms with Crippen LogP contribution in [0.25, 0.3) is 0 Å². The summed E-state index contributed by atoms with van der Waals surface area (Å²) in [6, 6.07) is 3.51. The Morgan fingerprint density at radius 3 is 2.71 bits per heavy atom. The van der Waals surface area contributed by atoms with Crippen LogP contribution in [0.2, 0.25) is 0 Å². The van der Waals surface area contributed by atoms with Crippen LogP contribution in [0.5, 0.6) is 5.75 Å². The largest absolute Gasteiger partial charge is 0.484 e. The number of nitrogens with zero attached hydrogens (tertiary/aromatic N) is 2. The second kappa shape index (κ2) is 5.66. The molecule has 4 heteroatoms. The van der Waals surface area contributed by atoms with Crippen molar-refractivity contribution in [2.24, 2.45) is 5.92 Å². The zero-order valence-electron chi connectivity index (χ0n) is 10.1. The molecule has 0 bridgehead atoms. The van der Waals surface area contributed by atoms with Gasteiger partial charge in [0.1, 0.15) is 5.75 Å². The summed E-state index contributed by atoms with van der Waals surface area (Å²) < 4.78 is 5.42. The highest BCUT2D eigenvalue weighted by molar-refractivity contribution is 5.77. The first kappa shape index (κ1) is 11.9. The lowest BCUT2D eigenvalue weighted by molar-refractivity contribution is -0.134. The first-order valence-electron chi connectivity index (χ1n) is 6.06. The van der Waals surface area contributed by atoms with Crippen molar-refractivity contribution < 1.29 is 9.53 Å². The van der Waals surface area contributed by atoms with Gasteiger partial charge in [0.05, 0.1) is 0 Å². The third-order valence-corrected chi connectivity index (χ3v) is 3.15. The van der Waals surface area contributed by atoms with E-state index in [-0.39, 0.29) is 12.5 Å². The Morgan fingerprint density at radius 2 is 2.06 bits per heavy atom. The Morgan fingerprint density at radius 1 is 1.41 bits per heavy atom. The number of carbonyl (C=O) groups is 1. The lowest BCUT2D eigenvalue weighted by atomic mass is 9.99. The smallest absolute Gasteiger partial charge is 0.260 e. The maximum absolute atomic E-state index is 11.9. The second-order valence-electron chi connectivity index (χ2n) is 4.53. The van der Waals surface area contributed by atoms with Crippen molar-refractivity contribution in [3.8, 4) is 5.75 Å². The molecule has 4 nitrogen and oxygen atoms in total. The molecule has 0 unspecified atom stereocenters. The highest BCUT2D eigenvalue weighted by Crippen LogP contribution is 2.16. The number of piperidine rings is 1. The van der Waals surface area contributed by atoms with Gasteiger partial charge in [-0.2, -0.15) is 0 Å². The topological polar surface area (TPSA) is 42.4 Å². The van der Waals surface area contributed by atoms with Gasteiger partial charge in [0, 0.05) is 25.5 Å². The first-order valence-corrected chi connectivity index (χ1v) is 6.06. The summed E-state index contributed by atoms with van der Waals surface area (Å²) in [6.45, 7) is 4.08. The van der Waals surface area contributed by atoms with Crippen molar-refractivity contribution in [3.63, 3.8) is 0 Å². The molecule has 1 amide bonds. The fourth-order valence-corrected chi connectivity index (χ4v) is 1.93. The number of likely N-dealkylation sites (tertiary alicyclic amines) is 1. The Bertz CT molecular complexity index is 359. The Kier molecular flexibility index (Phi) is 3.96. The van der Waals surface area contributed by atoms with E-state index in [9.17, 15) is 4.79 Å². The number of carbonyl (C=O) groups excluding carboxylic acids is 1. The third kappa shape index (κ3) is 3.44. The van der Waals surface area contributed by atoms with Crippen LogP contribution in [-0.4, -0.2) is 35.5 Å². The van der Waals surface area contributed by atoms with Gasteiger partial charge in [-0.3, -0.25) is 9.78 Å². The van der Waals surface area contributed by atoms with Crippen molar-refractivity contribution >= 4 is 5.91 Å². The molecule has 0 aliphatic carbocycles. The predicted molar refractivity (Wildman–Crippen MR) is 64.7 cm³/mol. The second-order valence-corrected chi connectivity index (χ2v) is 4.53. The molecule has 0 N–H and O–H groups in total. The van der Waals surface area contributed by atoms with E-state index in [0.29, 0.717) is 5.75 Å². The van der Waals surface area contributed by atoms with E-state index in [0.717, 1.165) is 31.8 Å². The number of hydrogen-bond donors (Lipinski definition) is 0. The highest BCUT2D eigenvalue weighted by atomic mass is 16.5. The quantitative estimate of drug-likeness (QED) is 0.799. The molecule has 92 valence electrons. The maximum atomic E-state index is 11.9. The van der Waals surface area contributed by atoms with Gasteiger partial charge < -0.3 is 9.64 Å². The van der Waals surface area contributed by atoms with E-state index >= 15 is 0 Å². The number of amides is 1. The van der Waals surface area contributed by atoms with E-state index in [1.807, 2.05) is 4.90 Å². The van der Waals surface area contributed by atoms with Gasteiger partial charge in [-0.1, -0.05) is 6.92 Å². The van der Waals surface area contributed by atoms with Gasteiger partial charge in [-0.15, -0.1) is 0 Å². The molecule has 1 fully saturated rings. The van der Waals surface area contributed by atoms with Gasteiger partial charge in [0.2, 0.25) is 0 Å². The number of ether oxygens (including phenoxy) is 1. The van der Waals surface area contributed by atoms with Gasteiger partial charge >= 0.3 is 0 Å². The monoisotopic (exact) mass is 234 g/mol. The predicted octanol–water partition coefficient (Wildman–Crippen LogP) is 1.72. The molecule has 1 aliphatic rings. The molecule has 17 heavy (non-hydrogen) atoms. The summed E-state index contributed by atoms with van der Waals surface area (Å²) in [5.41, 5.74) is 0. The molecule has 0 spiro atoms. The number of aromatic nitrogens is 1. The number of hydrogen-bond acceptors (Lipinski definition) is 3. The minimum atomic E-state index is 0.0775. The van der Waals surface area contributed by atoms with Crippen molar-refractivity contribution in [1.82, 2.24) is 9.88 Å². The van der Waals surface area contributed by atoms with Gasteiger partial charge in [0.15, 0.2) is 6.61 Å². The van der Waals surface area contributed by atoms with E-state index < -0.39 is 0 Å². The average Bonchev–Trinajstić information content (AvgIpc) is 2.38. The SMILES string of the molecule is CC1CCN(C(=O)COc2ccncc2)CC1. The zero-order chi connectivity index (χ0) is 12.1. The molecule has 2 rings (SSSR count). The molecule has 1 aliphatic heterocycles. The van der Waals surface area contributed by atoms with Crippen molar-refractivity contribution in [1.29, 1.82) is 0 Å². The van der Waals surface area contributed by atoms with Crippen molar-refractivity contribution in [2.75, 3.05) is 19.7 Å².